The predicted octanol–water partition coefficient (Wildman–Crippen LogP) is 3.72. The molecule has 138 valence electrons. The molecule has 2 N–H and O–H groups in total. The molecule has 0 heterocycles. The number of unbranched alkanes of at least 4 members (excludes halogenated alkanes) is 2. The fourth-order valence-electron chi connectivity index (χ4n) is 3.48. The van der Waals surface area contributed by atoms with Crippen LogP contribution in [0.3, 0.4) is 0 Å². The first kappa shape index (κ1) is 19.5. The maximum atomic E-state index is 12.4. The minimum Gasteiger partial charge on any atom is -0.356 e. The summed E-state index contributed by atoms with van der Waals surface area (Å²) in [7, 11) is 0. The second-order valence-corrected chi connectivity index (χ2v) is 7.19. The van der Waals surface area contributed by atoms with E-state index in [-0.39, 0.29) is 23.7 Å². The molecule has 0 bridgehead atoms. The van der Waals surface area contributed by atoms with Crippen molar-refractivity contribution in [2.45, 2.75) is 65.3 Å². The average molecular weight is 344 g/mol. The zero-order valence-electron chi connectivity index (χ0n) is 15.6. The summed E-state index contributed by atoms with van der Waals surface area (Å²) in [6.45, 7) is 5.59. The van der Waals surface area contributed by atoms with Gasteiger partial charge < -0.3 is 10.6 Å². The molecule has 0 aromatic heterocycles. The Hall–Kier alpha value is -1.84. The van der Waals surface area contributed by atoms with Crippen molar-refractivity contribution in [3.05, 3.63) is 35.4 Å². The summed E-state index contributed by atoms with van der Waals surface area (Å²) in [4.78, 5) is 24.6. The highest BCUT2D eigenvalue weighted by atomic mass is 16.2. The van der Waals surface area contributed by atoms with Crippen LogP contribution in [0.25, 0.3) is 0 Å². The quantitative estimate of drug-likeness (QED) is 0.706. The van der Waals surface area contributed by atoms with Gasteiger partial charge in [-0.25, -0.2) is 0 Å². The van der Waals surface area contributed by atoms with Crippen LogP contribution in [0.2, 0.25) is 0 Å². The molecular formula is C21H32N2O2. The highest BCUT2D eigenvalue weighted by molar-refractivity contribution is 5.81. The van der Waals surface area contributed by atoms with E-state index in [0.717, 1.165) is 50.6 Å². The highest BCUT2D eigenvalue weighted by Gasteiger charge is 2.29. The molecule has 0 spiro atoms. The van der Waals surface area contributed by atoms with Crippen LogP contribution >= 0.6 is 0 Å². The van der Waals surface area contributed by atoms with E-state index in [9.17, 15) is 9.59 Å². The van der Waals surface area contributed by atoms with Crippen molar-refractivity contribution in [3.8, 4) is 0 Å². The van der Waals surface area contributed by atoms with Crippen LogP contribution in [0.4, 0.5) is 0 Å². The van der Waals surface area contributed by atoms with Crippen molar-refractivity contribution >= 4 is 11.8 Å². The Morgan fingerprint density at radius 3 is 2.16 bits per heavy atom. The van der Waals surface area contributed by atoms with Gasteiger partial charge in [0.05, 0.1) is 0 Å². The molecule has 2 amide bonds. The van der Waals surface area contributed by atoms with Gasteiger partial charge in [0, 0.05) is 24.9 Å². The normalized spacial score (nSPS) is 20.1. The van der Waals surface area contributed by atoms with Gasteiger partial charge in [0.2, 0.25) is 11.8 Å². The third kappa shape index (κ3) is 6.18. The van der Waals surface area contributed by atoms with Crippen molar-refractivity contribution in [3.63, 3.8) is 0 Å². The van der Waals surface area contributed by atoms with Gasteiger partial charge in [0.15, 0.2) is 0 Å². The van der Waals surface area contributed by atoms with Gasteiger partial charge in [0.1, 0.15) is 0 Å². The fraction of sp³-hybridized carbons (Fsp3) is 0.619. The summed E-state index contributed by atoms with van der Waals surface area (Å²) >= 11 is 0. The smallest absolute Gasteiger partial charge is 0.223 e. The summed E-state index contributed by atoms with van der Waals surface area (Å²) in [5.74, 6) is 0.440. The standard InChI is InChI=1S/C21H32N2O2/c1-3-4-7-14-22-20(24)17-10-12-18(13-11-17)21(25)23-15-19-9-6-5-8-16(19)2/h5-6,8-9,17-18H,3-4,7,10-15H2,1-2H3,(H,22,24)(H,23,25). The number of carbonyl (C=O) groups is 2. The van der Waals surface area contributed by atoms with Gasteiger partial charge in [-0.05, 0) is 50.2 Å². The van der Waals surface area contributed by atoms with Gasteiger partial charge in [-0.1, -0.05) is 44.0 Å². The van der Waals surface area contributed by atoms with Crippen molar-refractivity contribution in [1.82, 2.24) is 10.6 Å². The summed E-state index contributed by atoms with van der Waals surface area (Å²) in [5, 5.41) is 6.11. The Balaban J connectivity index is 1.69. The van der Waals surface area contributed by atoms with Crippen LogP contribution in [-0.4, -0.2) is 18.4 Å². The molecular weight excluding hydrogens is 312 g/mol. The lowest BCUT2D eigenvalue weighted by molar-refractivity contribution is -0.130. The van der Waals surface area contributed by atoms with E-state index in [1.165, 1.54) is 12.0 Å². The van der Waals surface area contributed by atoms with Gasteiger partial charge in [-0.15, -0.1) is 0 Å². The van der Waals surface area contributed by atoms with Crippen molar-refractivity contribution in [1.29, 1.82) is 0 Å². The zero-order valence-corrected chi connectivity index (χ0v) is 15.6. The van der Waals surface area contributed by atoms with E-state index in [4.69, 9.17) is 0 Å². The van der Waals surface area contributed by atoms with Gasteiger partial charge in [0.25, 0.3) is 0 Å². The van der Waals surface area contributed by atoms with Crippen molar-refractivity contribution < 1.29 is 9.59 Å². The molecule has 1 aliphatic rings. The van der Waals surface area contributed by atoms with E-state index >= 15 is 0 Å². The van der Waals surface area contributed by atoms with Crippen LogP contribution < -0.4 is 10.6 Å². The molecule has 0 unspecified atom stereocenters. The first-order valence-electron chi connectivity index (χ1n) is 9.71. The van der Waals surface area contributed by atoms with E-state index in [0.29, 0.717) is 6.54 Å². The second-order valence-electron chi connectivity index (χ2n) is 7.19. The van der Waals surface area contributed by atoms with Gasteiger partial charge >= 0.3 is 0 Å². The van der Waals surface area contributed by atoms with Crippen LogP contribution in [0.5, 0.6) is 0 Å². The Bertz CT molecular complexity index is 563. The van der Waals surface area contributed by atoms with Crippen LogP contribution in [0.15, 0.2) is 24.3 Å². The highest BCUT2D eigenvalue weighted by Crippen LogP contribution is 2.29. The number of benzene rings is 1. The van der Waals surface area contributed by atoms with E-state index in [2.05, 4.69) is 36.6 Å². The van der Waals surface area contributed by atoms with E-state index in [1.807, 2.05) is 12.1 Å². The lowest BCUT2D eigenvalue weighted by atomic mass is 9.81. The fourth-order valence-corrected chi connectivity index (χ4v) is 3.48. The number of carbonyl (C=O) groups excluding carboxylic acids is 2. The van der Waals surface area contributed by atoms with Crippen LogP contribution in [0.1, 0.15) is 63.0 Å². The molecule has 1 aromatic carbocycles. The second kappa shape index (κ2) is 10.2. The van der Waals surface area contributed by atoms with Crippen LogP contribution in [-0.2, 0) is 16.1 Å². The minimum absolute atomic E-state index is 0.0492. The molecule has 4 nitrogen and oxygen atoms in total. The Kier molecular flexibility index (Phi) is 7.96. The lowest BCUT2D eigenvalue weighted by Gasteiger charge is -2.27. The molecule has 1 aliphatic carbocycles. The number of aryl methyl sites for hydroxylation is 1. The topological polar surface area (TPSA) is 58.2 Å². The first-order chi connectivity index (χ1) is 12.1. The van der Waals surface area contributed by atoms with Crippen molar-refractivity contribution in [2.24, 2.45) is 11.8 Å². The maximum Gasteiger partial charge on any atom is 0.223 e. The lowest BCUT2D eigenvalue weighted by Crippen LogP contribution is -2.37. The average Bonchev–Trinajstić information content (AvgIpc) is 2.64. The Morgan fingerprint density at radius 1 is 0.960 bits per heavy atom. The molecule has 1 fully saturated rings. The SMILES string of the molecule is CCCCCNC(=O)C1CCC(C(=O)NCc2ccccc2C)CC1. The molecule has 0 saturated heterocycles. The number of hydrogen-bond donors (Lipinski definition) is 2. The Labute approximate surface area is 151 Å². The molecule has 1 saturated carbocycles. The monoisotopic (exact) mass is 344 g/mol. The minimum atomic E-state index is 0.0492. The molecule has 0 atom stereocenters. The van der Waals surface area contributed by atoms with E-state index < -0.39 is 0 Å². The molecule has 4 heteroatoms. The van der Waals surface area contributed by atoms with E-state index in [1.54, 1.807) is 0 Å². The summed E-state index contributed by atoms with van der Waals surface area (Å²) < 4.78 is 0. The summed E-state index contributed by atoms with van der Waals surface area (Å²) in [6, 6.07) is 8.12. The summed E-state index contributed by atoms with van der Waals surface area (Å²) in [5.41, 5.74) is 2.36. The molecule has 1 aromatic rings. The third-order valence-corrected chi connectivity index (χ3v) is 5.26. The maximum absolute atomic E-state index is 12.4. The predicted molar refractivity (Wildman–Crippen MR) is 101 cm³/mol. The van der Waals surface area contributed by atoms with Crippen LogP contribution in [0, 0.1) is 18.8 Å². The van der Waals surface area contributed by atoms with Gasteiger partial charge in [-0.3, -0.25) is 9.59 Å². The van der Waals surface area contributed by atoms with Crippen molar-refractivity contribution in [2.75, 3.05) is 6.54 Å². The number of rotatable bonds is 8. The molecule has 25 heavy (non-hydrogen) atoms. The molecule has 0 aliphatic heterocycles. The first-order valence-corrected chi connectivity index (χ1v) is 9.71. The Morgan fingerprint density at radius 2 is 1.56 bits per heavy atom. The zero-order chi connectivity index (χ0) is 18.1. The third-order valence-electron chi connectivity index (χ3n) is 5.26. The largest absolute Gasteiger partial charge is 0.356 e. The van der Waals surface area contributed by atoms with Gasteiger partial charge in [-0.2, -0.15) is 0 Å². The number of hydrogen-bond acceptors (Lipinski definition) is 2. The number of nitrogens with one attached hydrogen (secondary N) is 2. The molecule has 2 rings (SSSR count). The number of amides is 2. The molecule has 0 radical (unpaired) electrons. The summed E-state index contributed by atoms with van der Waals surface area (Å²) in [6.07, 6.45) is 6.65.